The molecule has 135 heavy (non-hydrogen) atoms. The Morgan fingerprint density at radius 1 is 0.185 bits per heavy atom. The van der Waals surface area contributed by atoms with Gasteiger partial charge in [0.05, 0.1) is 0 Å². The number of urea groups is 3. The highest BCUT2D eigenvalue weighted by molar-refractivity contribution is 6.01. The van der Waals surface area contributed by atoms with Crippen LogP contribution in [-0.2, 0) is 37.6 Å². The second-order valence-electron chi connectivity index (χ2n) is 27.6. The smallest absolute Gasteiger partial charge is 0.460 e. The summed E-state index contributed by atoms with van der Waals surface area (Å²) in [4.78, 5) is 38.9. The van der Waals surface area contributed by atoms with Gasteiger partial charge in [-0.1, -0.05) is 54.6 Å². The van der Waals surface area contributed by atoms with Gasteiger partial charge in [0.1, 0.15) is 37.1 Å². The molecule has 6 N–H and O–H groups in total. The standard InChI is InChI=1S/C72H39F51N6O6/c73-49(74,52(79,80)55(85,86)58(91,92)61(97,98)64(103,104)67(109,110)70(115,116)117)34-10-16-37(17-11-34)124-46(130)127-40-4-1-7-43(25-40)133-28-31-22-32(29-134-44-8-2-5-41(26-44)128-47(131)125-38-18-12-35(13-19-38)50(75,76)53(81,82)56(87,88)59(93,94)62(99,100)65(105,106)68(111,112)71(118,119)120)24-33(23-31)30-135-45-9-3-6-42(27-45)129-48(132)126-39-20-14-36(15-21-39)51(77,78)54(83,84)57(89,90)60(95,96)63(101,102)66(107,108)69(113,114)72(121,122)123/h1-27H,28-30H2,(H2,124,127,130)(H2,125,128,131)(H2,126,129,132). The summed E-state index contributed by atoms with van der Waals surface area (Å²) in [6, 6.07) is 9.64. The Labute approximate surface area is 712 Å². The molecule has 7 aromatic carbocycles. The molecule has 0 spiro atoms. The predicted molar refractivity (Wildman–Crippen MR) is 355 cm³/mol. The molecule has 6 amide bonds. The van der Waals surface area contributed by atoms with Crippen molar-refractivity contribution in [1.29, 1.82) is 0 Å². The second kappa shape index (κ2) is 35.4. The van der Waals surface area contributed by atoms with Crippen LogP contribution in [0.25, 0.3) is 0 Å². The highest BCUT2D eigenvalue weighted by Gasteiger charge is 2.99. The van der Waals surface area contributed by atoms with Gasteiger partial charge in [0, 0.05) is 69.0 Å². The van der Waals surface area contributed by atoms with E-state index in [9.17, 15) is 212 Å². The second-order valence-corrected chi connectivity index (χ2v) is 27.6. The molecule has 0 unspecified atom stereocenters. The molecule has 0 radical (unpaired) electrons. The molecule has 0 saturated carbocycles. The summed E-state index contributed by atoms with van der Waals surface area (Å²) in [6.07, 6.45) is -24.0. The number of alkyl halides is 51. The number of anilines is 6. The summed E-state index contributed by atoms with van der Waals surface area (Å²) < 4.78 is 728. The van der Waals surface area contributed by atoms with Crippen molar-refractivity contribution in [2.45, 2.75) is 163 Å². The molecule has 750 valence electrons. The van der Waals surface area contributed by atoms with Crippen molar-refractivity contribution in [2.24, 2.45) is 0 Å². The molecule has 0 aliphatic carbocycles. The first-order valence-electron chi connectivity index (χ1n) is 34.4. The highest BCUT2D eigenvalue weighted by atomic mass is 19.5. The molecule has 63 heteroatoms. The van der Waals surface area contributed by atoms with Crippen molar-refractivity contribution in [3.63, 3.8) is 0 Å². The third-order valence-corrected chi connectivity index (χ3v) is 18.3. The van der Waals surface area contributed by atoms with Gasteiger partial charge in [-0.2, -0.15) is 224 Å². The first kappa shape index (κ1) is 110. The van der Waals surface area contributed by atoms with Gasteiger partial charge in [-0.15, -0.1) is 0 Å². The normalized spacial score (nSPS) is 14.5. The van der Waals surface area contributed by atoms with E-state index in [1.54, 1.807) is 16.0 Å². The van der Waals surface area contributed by atoms with Crippen LogP contribution in [0.2, 0.25) is 0 Å². The summed E-state index contributed by atoms with van der Waals surface area (Å²) >= 11 is 0. The van der Waals surface area contributed by atoms with Crippen molar-refractivity contribution < 1.29 is 253 Å². The quantitative estimate of drug-likeness (QED) is 0.0215. The molecule has 0 fully saturated rings. The van der Waals surface area contributed by atoms with Crippen LogP contribution >= 0.6 is 0 Å². The minimum atomic E-state index is -8.93. The lowest BCUT2D eigenvalue weighted by molar-refractivity contribution is -0.462. The van der Waals surface area contributed by atoms with Crippen molar-refractivity contribution in [3.05, 3.63) is 197 Å². The molecule has 0 atom stereocenters. The molecule has 12 nitrogen and oxygen atoms in total. The minimum absolute atomic E-state index is 0.0456. The number of ether oxygens (including phenoxy) is 3. The minimum Gasteiger partial charge on any atom is -0.489 e. The Kier molecular flexibility index (Phi) is 28.9. The molecule has 0 aliphatic rings. The van der Waals surface area contributed by atoms with E-state index in [1.807, 2.05) is 0 Å². The predicted octanol–water partition coefficient (Wildman–Crippen LogP) is 27.8. The zero-order chi connectivity index (χ0) is 104. The zero-order valence-corrected chi connectivity index (χ0v) is 63.4. The maximum Gasteiger partial charge on any atom is 0.460 e. The maximum atomic E-state index is 15.0. The lowest BCUT2D eigenvalue weighted by Gasteiger charge is -2.42. The number of rotatable bonds is 36. The summed E-state index contributed by atoms with van der Waals surface area (Å²) in [5.74, 6) is -177. The third kappa shape index (κ3) is 18.8. The summed E-state index contributed by atoms with van der Waals surface area (Å²) in [5, 5.41) is 11.6. The Morgan fingerprint density at radius 2 is 0.341 bits per heavy atom. The van der Waals surface area contributed by atoms with Crippen LogP contribution < -0.4 is 46.1 Å². The Hall–Kier alpha value is -11.8. The number of amides is 6. The Bertz CT molecular complexity index is 4870. The number of halogens is 51. The van der Waals surface area contributed by atoms with E-state index >= 15 is 26.3 Å². The highest BCUT2D eigenvalue weighted by Crippen LogP contribution is 2.70. The molecule has 0 bridgehead atoms. The topological polar surface area (TPSA) is 151 Å². The van der Waals surface area contributed by atoms with Gasteiger partial charge < -0.3 is 46.1 Å². The van der Waals surface area contributed by atoms with Gasteiger partial charge >= 0.3 is 161 Å². The zero-order valence-electron chi connectivity index (χ0n) is 63.4. The van der Waals surface area contributed by atoms with Crippen LogP contribution in [0.5, 0.6) is 17.2 Å². The lowest BCUT2D eigenvalue weighted by Crippen LogP contribution is -2.74. The summed E-state index contributed by atoms with van der Waals surface area (Å²) in [7, 11) is 0. The third-order valence-electron chi connectivity index (χ3n) is 18.3. The van der Waals surface area contributed by atoms with Gasteiger partial charge in [-0.25, -0.2) is 14.4 Å². The van der Waals surface area contributed by atoms with E-state index in [0.717, 1.165) is 72.8 Å². The van der Waals surface area contributed by atoms with Gasteiger partial charge in [0.15, 0.2) is 0 Å². The van der Waals surface area contributed by atoms with Crippen molar-refractivity contribution >= 4 is 52.2 Å². The number of benzene rings is 7. The van der Waals surface area contributed by atoms with Crippen molar-refractivity contribution in [1.82, 2.24) is 0 Å². The summed E-state index contributed by atoms with van der Waals surface area (Å²) in [5.41, 5.74) is -11.5. The number of carbonyl (C=O) groups is 3. The van der Waals surface area contributed by atoms with E-state index in [2.05, 4.69) is 16.0 Å². The van der Waals surface area contributed by atoms with Gasteiger partial charge in [0.25, 0.3) is 0 Å². The first-order chi connectivity index (χ1) is 60.4. The van der Waals surface area contributed by atoms with E-state index < -0.39 is 251 Å². The van der Waals surface area contributed by atoms with Crippen LogP contribution in [0.3, 0.4) is 0 Å². The molecule has 7 aromatic rings. The van der Waals surface area contributed by atoms with Gasteiger partial charge in [0.2, 0.25) is 0 Å². The van der Waals surface area contributed by atoms with Crippen LogP contribution in [0, 0.1) is 0 Å². The van der Waals surface area contributed by atoms with Gasteiger partial charge in [-0.3, -0.25) is 0 Å². The number of nitrogens with one attached hydrogen (secondary N) is 6. The SMILES string of the molecule is O=C(Nc1ccc(C(F)(F)C(F)(F)C(F)(F)C(F)(F)C(F)(F)C(F)(F)C(F)(F)C(F)(F)F)cc1)Nc1cccc(OCc2cc(COc3cccc(NC(=O)Nc4ccc(C(F)(F)C(F)(F)C(F)(F)C(F)(F)C(F)(F)C(F)(F)C(F)(F)C(F)(F)F)cc4)c3)cc(COc3cccc(NC(=O)Nc4ccc(C(F)(F)C(F)(F)C(F)(F)C(F)(F)C(F)(F)C(F)(F)C(F)(F)C(F)(F)F)cc4)c3)c2)c1. The fourth-order valence-electron chi connectivity index (χ4n) is 10.8. The number of hydrogen-bond donors (Lipinski definition) is 6. The van der Waals surface area contributed by atoms with Crippen LogP contribution in [-0.4, -0.2) is 143 Å². The molecule has 0 aromatic heterocycles. The lowest BCUT2D eigenvalue weighted by atomic mass is 9.87. The largest absolute Gasteiger partial charge is 0.489 e. The Balaban J connectivity index is 1.09. The van der Waals surface area contributed by atoms with E-state index in [1.165, 1.54) is 18.2 Å². The number of hydrogen-bond acceptors (Lipinski definition) is 6. The monoisotopic (exact) mass is 2050 g/mol. The van der Waals surface area contributed by atoms with Crippen LogP contribution in [0.15, 0.2) is 164 Å². The molecular formula is C72H39F51N6O6. The summed E-state index contributed by atoms with van der Waals surface area (Å²) in [6.45, 7) is -1.87. The molecular weight excluding hydrogens is 2010 g/mol. The fraction of sp³-hybridized carbons (Fsp3) is 0.375. The first-order valence-corrected chi connectivity index (χ1v) is 34.4. The maximum absolute atomic E-state index is 15.0. The van der Waals surface area contributed by atoms with Crippen molar-refractivity contribution in [2.75, 3.05) is 31.9 Å². The molecule has 0 saturated heterocycles. The fourth-order valence-corrected chi connectivity index (χ4v) is 10.8. The number of carbonyl (C=O) groups excluding carboxylic acids is 3. The van der Waals surface area contributed by atoms with E-state index in [-0.39, 0.29) is 87.4 Å². The average molecular weight is 2050 g/mol. The van der Waals surface area contributed by atoms with E-state index in [0.29, 0.717) is 0 Å². The Morgan fingerprint density at radius 3 is 0.511 bits per heavy atom. The van der Waals surface area contributed by atoms with Crippen molar-refractivity contribution in [3.8, 4) is 17.2 Å². The average Bonchev–Trinajstić information content (AvgIpc) is 0.699. The molecule has 0 aliphatic heterocycles. The van der Waals surface area contributed by atoms with Gasteiger partial charge in [-0.05, 0) is 108 Å². The van der Waals surface area contributed by atoms with E-state index in [4.69, 9.17) is 14.2 Å². The van der Waals surface area contributed by atoms with Crippen LogP contribution in [0.1, 0.15) is 33.4 Å². The molecule has 7 rings (SSSR count). The molecule has 0 heterocycles. The van der Waals surface area contributed by atoms with Crippen LogP contribution in [0.4, 0.5) is 272 Å².